The van der Waals surface area contributed by atoms with Crippen LogP contribution in [0.15, 0.2) is 0 Å². The highest BCUT2D eigenvalue weighted by molar-refractivity contribution is 7.89. The molecule has 49 heavy (non-hydrogen) atoms. The number of likely N-dealkylation sites (tertiary alicyclic amines) is 1. The Bertz CT molecular complexity index is 1430. The van der Waals surface area contributed by atoms with Crippen molar-refractivity contribution in [3.63, 3.8) is 0 Å². The van der Waals surface area contributed by atoms with E-state index >= 15 is 0 Å². The van der Waals surface area contributed by atoms with Crippen LogP contribution in [0.25, 0.3) is 0 Å². The monoisotopic (exact) mass is 706 g/mol. The van der Waals surface area contributed by atoms with Crippen molar-refractivity contribution in [2.75, 3.05) is 25.9 Å². The van der Waals surface area contributed by atoms with E-state index in [1.54, 1.807) is 11.8 Å². The first-order chi connectivity index (χ1) is 22.8. The molecule has 0 bridgehead atoms. The molecule has 0 aromatic carbocycles. The maximum Gasteiger partial charge on any atom is 0.315 e. The lowest BCUT2D eigenvalue weighted by Gasteiger charge is -2.41. The number of rotatable bonds is 14. The molecule has 5 atom stereocenters. The smallest absolute Gasteiger partial charge is 0.315 e. The number of urea groups is 1. The number of carbonyl (C=O) groups excluding carboxylic acids is 5. The van der Waals surface area contributed by atoms with Gasteiger partial charge in [0, 0.05) is 26.2 Å². The second-order valence-corrected chi connectivity index (χ2v) is 19.2. The number of amides is 5. The van der Waals surface area contributed by atoms with Crippen LogP contribution < -0.4 is 21.3 Å². The highest BCUT2D eigenvalue weighted by atomic mass is 32.2. The summed E-state index contributed by atoms with van der Waals surface area (Å²) in [6.45, 7) is 12.1. The number of Topliss-reactive ketones (excluding diaryl/α,β-unsaturated/α-hetero) is 1. The molecule has 4 aliphatic carbocycles. The number of fused-ring (bicyclic) bond motifs is 1. The lowest BCUT2D eigenvalue weighted by molar-refractivity contribution is -0.145. The summed E-state index contributed by atoms with van der Waals surface area (Å²) in [4.78, 5) is 69.8. The van der Waals surface area contributed by atoms with E-state index in [1.165, 1.54) is 11.4 Å². The van der Waals surface area contributed by atoms with Gasteiger partial charge in [0.25, 0.3) is 5.91 Å². The summed E-state index contributed by atoms with van der Waals surface area (Å²) in [5, 5.41) is 11.5. The third-order valence-electron chi connectivity index (χ3n) is 11.8. The molecular weight excluding hydrogens is 648 g/mol. The van der Waals surface area contributed by atoms with Crippen LogP contribution >= 0.6 is 0 Å². The number of carbonyl (C=O) groups is 5. The van der Waals surface area contributed by atoms with Crippen molar-refractivity contribution in [2.45, 2.75) is 135 Å². The minimum Gasteiger partial charge on any atom is -0.347 e. The molecule has 0 radical (unpaired) electrons. The summed E-state index contributed by atoms with van der Waals surface area (Å²) >= 11 is 0. The Hall–Kier alpha value is -2.74. The molecule has 14 heteroatoms. The van der Waals surface area contributed by atoms with Gasteiger partial charge in [0.15, 0.2) is 0 Å². The minimum absolute atomic E-state index is 0.0128. The summed E-state index contributed by atoms with van der Waals surface area (Å²) in [5.74, 6) is -2.19. The van der Waals surface area contributed by atoms with E-state index in [1.807, 2.05) is 20.8 Å². The molecule has 4 saturated carbocycles. The second-order valence-electron chi connectivity index (χ2n) is 17.2. The third-order valence-corrected chi connectivity index (χ3v) is 13.9. The van der Waals surface area contributed by atoms with Crippen molar-refractivity contribution in [1.82, 2.24) is 30.5 Å². The van der Waals surface area contributed by atoms with Gasteiger partial charge in [-0.3, -0.25) is 19.2 Å². The van der Waals surface area contributed by atoms with Crippen molar-refractivity contribution in [3.05, 3.63) is 0 Å². The standard InChI is InChI=1S/C35H58N6O7S/c1-8-40(7)49(47,48)20-35(16-10-9-11-17-35)39-32(46)38-28(33(2,3)4)31(45)41-19-23-25(34(23,5)6)26(41)29(43)37-24(18-21-12-13-21)27(42)30(44)36-22-14-15-22/h21-26,28H,8-20H2,1-7H3,(H,36,44)(H,37,43)(H2,38,39,46)/t23-,24-,25-,26-,28+/m0/s1. The van der Waals surface area contributed by atoms with E-state index < -0.39 is 68.6 Å². The van der Waals surface area contributed by atoms with E-state index in [0.717, 1.165) is 44.9 Å². The summed E-state index contributed by atoms with van der Waals surface area (Å²) in [5.41, 5.74) is -1.91. The van der Waals surface area contributed by atoms with Gasteiger partial charge < -0.3 is 26.2 Å². The molecule has 1 saturated heterocycles. The topological polar surface area (TPSA) is 174 Å². The zero-order chi connectivity index (χ0) is 36.1. The Labute approximate surface area is 291 Å². The SMILES string of the molecule is CCN(C)S(=O)(=O)CC1(NC(=O)N[C@H](C(=O)N2C[C@H]3[C@@H]([C@H]2C(=O)N[C@@H](CC2CC2)C(=O)C(=O)NC2CC2)C3(C)C)C(C)(C)C)CCCCC1. The molecule has 5 fully saturated rings. The number of ketones is 1. The molecule has 276 valence electrons. The Balaban J connectivity index is 1.33. The maximum atomic E-state index is 14.5. The highest BCUT2D eigenvalue weighted by Crippen LogP contribution is 2.65. The zero-order valence-electron chi connectivity index (χ0n) is 30.4. The molecule has 5 aliphatic rings. The van der Waals surface area contributed by atoms with Crippen molar-refractivity contribution < 1.29 is 32.4 Å². The third kappa shape index (κ3) is 8.43. The van der Waals surface area contributed by atoms with Gasteiger partial charge in [-0.2, -0.15) is 0 Å². The van der Waals surface area contributed by atoms with Crippen LogP contribution in [0, 0.1) is 28.6 Å². The lowest BCUT2D eigenvalue weighted by atomic mass is 9.83. The van der Waals surface area contributed by atoms with E-state index in [2.05, 4.69) is 35.1 Å². The number of hydrogen-bond acceptors (Lipinski definition) is 7. The van der Waals surface area contributed by atoms with E-state index in [-0.39, 0.29) is 35.0 Å². The van der Waals surface area contributed by atoms with Crippen molar-refractivity contribution in [2.24, 2.45) is 28.6 Å². The Morgan fingerprint density at radius 1 is 0.959 bits per heavy atom. The zero-order valence-corrected chi connectivity index (χ0v) is 31.2. The molecule has 0 aromatic rings. The van der Waals surface area contributed by atoms with Crippen LogP contribution in [0.4, 0.5) is 4.79 Å². The summed E-state index contributed by atoms with van der Waals surface area (Å²) < 4.78 is 27.6. The average molecular weight is 707 g/mol. The number of sulfonamides is 1. The summed E-state index contributed by atoms with van der Waals surface area (Å²) in [7, 11) is -2.11. The van der Waals surface area contributed by atoms with Crippen molar-refractivity contribution in [1.29, 1.82) is 0 Å². The lowest BCUT2D eigenvalue weighted by Crippen LogP contribution is -2.64. The molecule has 4 N–H and O–H groups in total. The van der Waals surface area contributed by atoms with Gasteiger partial charge in [0.1, 0.15) is 12.1 Å². The normalized spacial score (nSPS) is 27.0. The maximum absolute atomic E-state index is 14.5. The first-order valence-corrected chi connectivity index (χ1v) is 19.9. The molecular formula is C35H58N6O7S. The fraction of sp³-hybridized carbons (Fsp3) is 0.857. The first kappa shape index (κ1) is 37.5. The number of nitrogens with one attached hydrogen (secondary N) is 4. The predicted octanol–water partition coefficient (Wildman–Crippen LogP) is 2.30. The molecule has 0 spiro atoms. The largest absolute Gasteiger partial charge is 0.347 e. The Kier molecular flexibility index (Phi) is 10.5. The highest BCUT2D eigenvalue weighted by Gasteiger charge is 2.70. The van der Waals surface area contributed by atoms with Crippen molar-refractivity contribution >= 4 is 39.6 Å². The quantitative estimate of drug-likeness (QED) is 0.201. The second kappa shape index (κ2) is 13.8. The minimum atomic E-state index is -3.64. The fourth-order valence-corrected chi connectivity index (χ4v) is 9.72. The van der Waals surface area contributed by atoms with Gasteiger partial charge in [-0.05, 0) is 60.7 Å². The van der Waals surface area contributed by atoms with Crippen molar-refractivity contribution in [3.8, 4) is 0 Å². The average Bonchev–Trinajstić information content (AvgIpc) is 3.97. The molecule has 13 nitrogen and oxygen atoms in total. The van der Waals surface area contributed by atoms with Gasteiger partial charge in [0.2, 0.25) is 27.6 Å². The van der Waals surface area contributed by atoms with Crippen LogP contribution in [-0.4, -0.2) is 103 Å². The summed E-state index contributed by atoms with van der Waals surface area (Å²) in [6.07, 6.45) is 7.49. The molecule has 0 aromatic heterocycles. The van der Waals surface area contributed by atoms with E-state index in [0.29, 0.717) is 32.4 Å². The molecule has 1 aliphatic heterocycles. The van der Waals surface area contributed by atoms with Crippen LogP contribution in [-0.2, 0) is 29.2 Å². The molecule has 5 amide bonds. The predicted molar refractivity (Wildman–Crippen MR) is 185 cm³/mol. The van der Waals surface area contributed by atoms with Gasteiger partial charge >= 0.3 is 6.03 Å². The number of piperidine rings is 1. The Morgan fingerprint density at radius 3 is 2.14 bits per heavy atom. The van der Waals surface area contributed by atoms with Crippen LogP contribution in [0.5, 0.6) is 0 Å². The van der Waals surface area contributed by atoms with Crippen LogP contribution in [0.1, 0.15) is 106 Å². The van der Waals surface area contributed by atoms with Gasteiger partial charge in [-0.15, -0.1) is 0 Å². The summed E-state index contributed by atoms with van der Waals surface area (Å²) in [6, 6.07) is -3.45. The molecule has 0 unspecified atom stereocenters. The van der Waals surface area contributed by atoms with Gasteiger partial charge in [0.05, 0.1) is 17.3 Å². The Morgan fingerprint density at radius 2 is 1.59 bits per heavy atom. The molecule has 1 heterocycles. The van der Waals surface area contributed by atoms with E-state index in [4.69, 9.17) is 0 Å². The fourth-order valence-electron chi connectivity index (χ4n) is 8.04. The number of nitrogens with zero attached hydrogens (tertiary/aromatic N) is 2. The van der Waals surface area contributed by atoms with Crippen LogP contribution in [0.2, 0.25) is 0 Å². The van der Waals surface area contributed by atoms with E-state index in [9.17, 15) is 32.4 Å². The van der Waals surface area contributed by atoms with Gasteiger partial charge in [-0.25, -0.2) is 17.5 Å². The molecule has 5 rings (SSSR count). The number of hydrogen-bond donors (Lipinski definition) is 4. The van der Waals surface area contributed by atoms with Gasteiger partial charge in [-0.1, -0.05) is 73.6 Å². The first-order valence-electron chi connectivity index (χ1n) is 18.3. The van der Waals surface area contributed by atoms with Crippen LogP contribution in [0.3, 0.4) is 0 Å².